The molecule has 0 atom stereocenters. The number of benzene rings is 1. The summed E-state index contributed by atoms with van der Waals surface area (Å²) in [6.45, 7) is 0. The minimum absolute atomic E-state index is 0.0240. The molecule has 3 heteroatoms. The minimum Gasteiger partial charge on any atom is -0.332 e. The van der Waals surface area contributed by atoms with Crippen molar-refractivity contribution in [2.45, 2.75) is 24.8 Å². The van der Waals surface area contributed by atoms with Gasteiger partial charge in [-0.3, -0.25) is 4.79 Å². The molecule has 1 aliphatic carbocycles. The molecule has 15 heavy (non-hydrogen) atoms. The highest BCUT2D eigenvalue weighted by molar-refractivity contribution is 9.10. The first-order valence-electron chi connectivity index (χ1n) is 5.23. The van der Waals surface area contributed by atoms with E-state index in [2.05, 4.69) is 22.0 Å². The van der Waals surface area contributed by atoms with Gasteiger partial charge in [-0.05, 0) is 43.0 Å². The number of hydrogen-bond donors (Lipinski definition) is 0. The number of rotatable bonds is 0. The van der Waals surface area contributed by atoms with Crippen molar-refractivity contribution in [3.63, 3.8) is 0 Å². The van der Waals surface area contributed by atoms with Gasteiger partial charge in [0.25, 0.3) is 5.91 Å². The summed E-state index contributed by atoms with van der Waals surface area (Å²) < 4.78 is 1.07. The second kappa shape index (κ2) is 2.85. The molecule has 1 amide bonds. The van der Waals surface area contributed by atoms with E-state index in [4.69, 9.17) is 0 Å². The fourth-order valence-corrected chi connectivity index (χ4v) is 3.12. The van der Waals surface area contributed by atoms with E-state index in [1.54, 1.807) is 0 Å². The van der Waals surface area contributed by atoms with Crippen LogP contribution in [0.1, 0.15) is 35.2 Å². The molecule has 0 aromatic heterocycles. The summed E-state index contributed by atoms with van der Waals surface area (Å²) in [6.07, 6.45) is 3.45. The molecule has 78 valence electrons. The van der Waals surface area contributed by atoms with Crippen LogP contribution in [0.4, 0.5) is 0 Å². The van der Waals surface area contributed by atoms with Gasteiger partial charge in [-0.2, -0.15) is 0 Å². The Morgan fingerprint density at radius 1 is 1.40 bits per heavy atom. The van der Waals surface area contributed by atoms with Crippen LogP contribution in [0.3, 0.4) is 0 Å². The Labute approximate surface area is 97.4 Å². The summed E-state index contributed by atoms with van der Waals surface area (Å²) in [7, 11) is 1.93. The average molecular weight is 266 g/mol. The van der Waals surface area contributed by atoms with E-state index < -0.39 is 0 Å². The van der Waals surface area contributed by atoms with Crippen LogP contribution in [-0.2, 0) is 5.54 Å². The highest BCUT2D eigenvalue weighted by atomic mass is 79.9. The Bertz CT molecular complexity index is 451. The van der Waals surface area contributed by atoms with Crippen LogP contribution in [0.15, 0.2) is 22.7 Å². The van der Waals surface area contributed by atoms with Crippen LogP contribution >= 0.6 is 15.9 Å². The molecule has 1 aliphatic heterocycles. The molecular weight excluding hydrogens is 254 g/mol. The SMILES string of the molecule is CN1C(=O)c2ccc(Br)cc2C12CCC2. The molecule has 1 spiro atoms. The summed E-state index contributed by atoms with van der Waals surface area (Å²) in [5.74, 6) is 0.178. The highest BCUT2D eigenvalue weighted by Gasteiger charge is 2.51. The van der Waals surface area contributed by atoms with Crippen LogP contribution < -0.4 is 0 Å². The summed E-state index contributed by atoms with van der Waals surface area (Å²) in [6, 6.07) is 5.99. The predicted molar refractivity (Wildman–Crippen MR) is 61.8 cm³/mol. The zero-order chi connectivity index (χ0) is 10.6. The number of amides is 1. The van der Waals surface area contributed by atoms with Crippen LogP contribution in [-0.4, -0.2) is 17.9 Å². The first-order valence-corrected chi connectivity index (χ1v) is 6.03. The predicted octanol–water partition coefficient (Wildman–Crippen LogP) is 2.91. The first-order chi connectivity index (χ1) is 7.15. The van der Waals surface area contributed by atoms with E-state index in [0.29, 0.717) is 0 Å². The van der Waals surface area contributed by atoms with E-state index in [1.807, 2.05) is 24.1 Å². The van der Waals surface area contributed by atoms with Gasteiger partial charge in [0, 0.05) is 17.1 Å². The molecule has 0 bridgehead atoms. The summed E-state index contributed by atoms with van der Waals surface area (Å²) in [5, 5.41) is 0. The maximum atomic E-state index is 12.0. The maximum absolute atomic E-state index is 12.0. The van der Waals surface area contributed by atoms with Gasteiger partial charge in [0.15, 0.2) is 0 Å². The molecule has 0 unspecified atom stereocenters. The molecule has 2 aliphatic rings. The number of halogens is 1. The Morgan fingerprint density at radius 2 is 2.13 bits per heavy atom. The lowest BCUT2D eigenvalue weighted by molar-refractivity contribution is 0.0378. The summed E-state index contributed by atoms with van der Waals surface area (Å²) in [5.41, 5.74) is 2.13. The Morgan fingerprint density at radius 3 is 2.73 bits per heavy atom. The Kier molecular flexibility index (Phi) is 1.78. The lowest BCUT2D eigenvalue weighted by atomic mass is 9.72. The number of nitrogens with zero attached hydrogens (tertiary/aromatic N) is 1. The van der Waals surface area contributed by atoms with Gasteiger partial charge in [-0.25, -0.2) is 0 Å². The summed E-state index contributed by atoms with van der Waals surface area (Å²) in [4.78, 5) is 14.0. The first kappa shape index (κ1) is 9.40. The van der Waals surface area contributed by atoms with Crippen molar-refractivity contribution < 1.29 is 4.79 Å². The van der Waals surface area contributed by atoms with Gasteiger partial charge < -0.3 is 4.90 Å². The van der Waals surface area contributed by atoms with Gasteiger partial charge >= 0.3 is 0 Å². The molecule has 1 aromatic carbocycles. The molecule has 3 rings (SSSR count). The normalized spacial score (nSPS) is 21.7. The number of fused-ring (bicyclic) bond motifs is 2. The average Bonchev–Trinajstić information content (AvgIpc) is 2.35. The van der Waals surface area contributed by atoms with Gasteiger partial charge in [-0.1, -0.05) is 15.9 Å². The third-order valence-electron chi connectivity index (χ3n) is 3.84. The van der Waals surface area contributed by atoms with Crippen LogP contribution in [0.5, 0.6) is 0 Å². The number of hydrogen-bond acceptors (Lipinski definition) is 1. The fraction of sp³-hybridized carbons (Fsp3) is 0.417. The third-order valence-corrected chi connectivity index (χ3v) is 4.33. The third kappa shape index (κ3) is 1.02. The number of carbonyl (C=O) groups excluding carboxylic acids is 1. The molecule has 0 N–H and O–H groups in total. The second-order valence-corrected chi connectivity index (χ2v) is 5.35. The lowest BCUT2D eigenvalue weighted by Crippen LogP contribution is -2.46. The molecule has 1 saturated carbocycles. The van der Waals surface area contributed by atoms with Crippen molar-refractivity contribution in [3.05, 3.63) is 33.8 Å². The van der Waals surface area contributed by atoms with Crippen molar-refractivity contribution >= 4 is 21.8 Å². The van der Waals surface area contributed by atoms with Gasteiger partial charge in [0.1, 0.15) is 0 Å². The maximum Gasteiger partial charge on any atom is 0.254 e. The van der Waals surface area contributed by atoms with E-state index in [9.17, 15) is 4.79 Å². The van der Waals surface area contributed by atoms with Crippen molar-refractivity contribution in [1.82, 2.24) is 4.90 Å². The molecule has 1 aromatic rings. The Hall–Kier alpha value is -0.830. The van der Waals surface area contributed by atoms with Crippen LogP contribution in [0.25, 0.3) is 0 Å². The smallest absolute Gasteiger partial charge is 0.254 e. The van der Waals surface area contributed by atoms with Crippen molar-refractivity contribution in [2.75, 3.05) is 7.05 Å². The molecule has 0 radical (unpaired) electrons. The fourth-order valence-electron chi connectivity index (χ4n) is 2.76. The zero-order valence-electron chi connectivity index (χ0n) is 8.59. The topological polar surface area (TPSA) is 20.3 Å². The molecular formula is C12H12BrNO. The quantitative estimate of drug-likeness (QED) is 0.707. The van der Waals surface area contributed by atoms with E-state index >= 15 is 0 Å². The van der Waals surface area contributed by atoms with Crippen molar-refractivity contribution in [3.8, 4) is 0 Å². The van der Waals surface area contributed by atoms with Crippen LogP contribution in [0, 0.1) is 0 Å². The van der Waals surface area contributed by atoms with Crippen molar-refractivity contribution in [2.24, 2.45) is 0 Å². The zero-order valence-corrected chi connectivity index (χ0v) is 10.2. The molecule has 2 nitrogen and oxygen atoms in total. The van der Waals surface area contributed by atoms with Gasteiger partial charge in [0.05, 0.1) is 5.54 Å². The molecule has 1 heterocycles. The minimum atomic E-state index is 0.0240. The standard InChI is InChI=1S/C12H12BrNO/c1-14-11(15)9-4-3-8(13)7-10(9)12(14)5-2-6-12/h3-4,7H,2,5-6H2,1H3. The summed E-state index contributed by atoms with van der Waals surface area (Å²) >= 11 is 3.48. The van der Waals surface area contributed by atoms with E-state index in [1.165, 1.54) is 12.0 Å². The van der Waals surface area contributed by atoms with Gasteiger partial charge in [-0.15, -0.1) is 0 Å². The van der Waals surface area contributed by atoms with Crippen molar-refractivity contribution in [1.29, 1.82) is 0 Å². The highest BCUT2D eigenvalue weighted by Crippen LogP contribution is 2.51. The largest absolute Gasteiger partial charge is 0.332 e. The molecule has 1 fully saturated rings. The van der Waals surface area contributed by atoms with E-state index in [0.717, 1.165) is 22.9 Å². The second-order valence-electron chi connectivity index (χ2n) is 4.44. The van der Waals surface area contributed by atoms with Crippen LogP contribution in [0.2, 0.25) is 0 Å². The lowest BCUT2D eigenvalue weighted by Gasteiger charge is -2.44. The monoisotopic (exact) mass is 265 g/mol. The molecule has 0 saturated heterocycles. The van der Waals surface area contributed by atoms with E-state index in [-0.39, 0.29) is 11.4 Å². The Balaban J connectivity index is 2.23. The number of carbonyl (C=O) groups is 1. The van der Waals surface area contributed by atoms with Gasteiger partial charge in [0.2, 0.25) is 0 Å².